The zero-order chi connectivity index (χ0) is 16.9. The Bertz CT molecular complexity index is 703. The van der Waals surface area contributed by atoms with E-state index in [1.807, 2.05) is 36.1 Å². The molecule has 1 aromatic carbocycles. The Morgan fingerprint density at radius 3 is 2.62 bits per heavy atom. The van der Waals surface area contributed by atoms with Crippen LogP contribution in [0.5, 0.6) is 11.8 Å². The number of rotatable bonds is 4. The van der Waals surface area contributed by atoms with E-state index in [9.17, 15) is 4.79 Å². The lowest BCUT2D eigenvalue weighted by Gasteiger charge is -2.32. The summed E-state index contributed by atoms with van der Waals surface area (Å²) >= 11 is 0. The van der Waals surface area contributed by atoms with Crippen molar-refractivity contribution in [3.63, 3.8) is 0 Å². The normalized spacial score (nSPS) is 17.4. The van der Waals surface area contributed by atoms with Crippen LogP contribution in [-0.4, -0.2) is 47.3 Å². The predicted molar refractivity (Wildman–Crippen MR) is 89.3 cm³/mol. The summed E-state index contributed by atoms with van der Waals surface area (Å²) in [5, 5.41) is 7.88. The van der Waals surface area contributed by atoms with Gasteiger partial charge in [-0.25, -0.2) is 0 Å². The molecule has 126 valence electrons. The maximum atomic E-state index is 12.7. The van der Waals surface area contributed by atoms with Crippen LogP contribution in [-0.2, 0) is 0 Å². The first-order chi connectivity index (χ1) is 11.7. The van der Waals surface area contributed by atoms with E-state index in [4.69, 9.17) is 9.47 Å². The number of hydrogen-bond donors (Lipinski definition) is 0. The summed E-state index contributed by atoms with van der Waals surface area (Å²) in [5.41, 5.74) is 1.74. The van der Waals surface area contributed by atoms with Crippen molar-refractivity contribution in [2.75, 3.05) is 20.2 Å². The molecule has 0 saturated carbocycles. The summed E-state index contributed by atoms with van der Waals surface area (Å²) in [6.07, 6.45) is 1.73. The zero-order valence-corrected chi connectivity index (χ0v) is 13.9. The van der Waals surface area contributed by atoms with Crippen LogP contribution in [0.15, 0.2) is 36.4 Å². The standard InChI is InChI=1S/C18H21N3O3/c1-13-6-3-4-8-15(13)18(22)21-11-5-7-14(12-21)24-17-10-9-16(23-2)19-20-17/h3-4,6,8-10,14H,5,7,11-12H2,1-2H3. The number of ether oxygens (including phenoxy) is 2. The fourth-order valence-corrected chi connectivity index (χ4v) is 2.85. The molecule has 1 amide bonds. The summed E-state index contributed by atoms with van der Waals surface area (Å²) in [6, 6.07) is 11.1. The molecule has 2 heterocycles. The highest BCUT2D eigenvalue weighted by Crippen LogP contribution is 2.20. The lowest BCUT2D eigenvalue weighted by molar-refractivity contribution is 0.0524. The second-order valence-corrected chi connectivity index (χ2v) is 5.86. The van der Waals surface area contributed by atoms with Crippen molar-refractivity contribution in [1.82, 2.24) is 15.1 Å². The highest BCUT2D eigenvalue weighted by atomic mass is 16.5. The van der Waals surface area contributed by atoms with Crippen molar-refractivity contribution >= 4 is 5.91 Å². The quantitative estimate of drug-likeness (QED) is 0.863. The highest BCUT2D eigenvalue weighted by molar-refractivity contribution is 5.95. The maximum Gasteiger partial charge on any atom is 0.254 e. The van der Waals surface area contributed by atoms with Gasteiger partial charge in [-0.3, -0.25) is 4.79 Å². The molecule has 1 aliphatic rings. The van der Waals surface area contributed by atoms with Gasteiger partial charge < -0.3 is 14.4 Å². The van der Waals surface area contributed by atoms with Crippen LogP contribution in [0.4, 0.5) is 0 Å². The number of aryl methyl sites for hydroxylation is 1. The molecule has 0 N–H and O–H groups in total. The minimum absolute atomic E-state index is 0.0576. The lowest BCUT2D eigenvalue weighted by atomic mass is 10.0. The van der Waals surface area contributed by atoms with E-state index in [1.165, 1.54) is 0 Å². The fraction of sp³-hybridized carbons (Fsp3) is 0.389. The smallest absolute Gasteiger partial charge is 0.254 e. The molecular formula is C18H21N3O3. The zero-order valence-electron chi connectivity index (χ0n) is 13.9. The molecule has 1 aromatic heterocycles. The summed E-state index contributed by atoms with van der Waals surface area (Å²) in [5.74, 6) is 0.954. The Labute approximate surface area is 141 Å². The van der Waals surface area contributed by atoms with Crippen molar-refractivity contribution in [2.24, 2.45) is 0 Å². The largest absolute Gasteiger partial charge is 0.480 e. The molecule has 2 aromatic rings. The summed E-state index contributed by atoms with van der Waals surface area (Å²) < 4.78 is 10.9. The number of nitrogens with zero attached hydrogens (tertiary/aromatic N) is 3. The van der Waals surface area contributed by atoms with E-state index >= 15 is 0 Å². The van der Waals surface area contributed by atoms with Gasteiger partial charge in [0.05, 0.1) is 13.7 Å². The Kier molecular flexibility index (Phi) is 4.93. The van der Waals surface area contributed by atoms with E-state index in [2.05, 4.69) is 10.2 Å². The van der Waals surface area contributed by atoms with E-state index < -0.39 is 0 Å². The number of aromatic nitrogens is 2. The SMILES string of the molecule is COc1ccc(OC2CCCN(C(=O)c3ccccc3C)C2)nn1. The summed E-state index contributed by atoms with van der Waals surface area (Å²) in [4.78, 5) is 14.6. The van der Waals surface area contributed by atoms with Crippen molar-refractivity contribution in [1.29, 1.82) is 0 Å². The number of carbonyl (C=O) groups excluding carboxylic acids is 1. The van der Waals surface area contributed by atoms with Gasteiger partial charge in [-0.05, 0) is 31.4 Å². The monoisotopic (exact) mass is 327 g/mol. The molecule has 1 unspecified atom stereocenters. The van der Waals surface area contributed by atoms with Crippen molar-refractivity contribution in [2.45, 2.75) is 25.9 Å². The van der Waals surface area contributed by atoms with E-state index in [0.29, 0.717) is 18.3 Å². The minimum atomic E-state index is -0.0746. The molecule has 1 saturated heterocycles. The topological polar surface area (TPSA) is 64.6 Å². The van der Waals surface area contributed by atoms with Gasteiger partial charge >= 0.3 is 0 Å². The van der Waals surface area contributed by atoms with Gasteiger partial charge in [0.25, 0.3) is 5.91 Å². The number of methoxy groups -OCH3 is 1. The van der Waals surface area contributed by atoms with Gasteiger partial charge in [-0.2, -0.15) is 0 Å². The Balaban J connectivity index is 1.65. The molecule has 6 nitrogen and oxygen atoms in total. The van der Waals surface area contributed by atoms with Gasteiger partial charge in [-0.15, -0.1) is 10.2 Å². The summed E-state index contributed by atoms with van der Waals surface area (Å²) in [6.45, 7) is 3.26. The highest BCUT2D eigenvalue weighted by Gasteiger charge is 2.26. The van der Waals surface area contributed by atoms with Gasteiger partial charge in [0, 0.05) is 24.2 Å². The molecule has 1 atom stereocenters. The number of hydrogen-bond acceptors (Lipinski definition) is 5. The molecule has 1 aliphatic heterocycles. The second kappa shape index (κ2) is 7.29. The van der Waals surface area contributed by atoms with Crippen molar-refractivity contribution in [3.05, 3.63) is 47.5 Å². The Morgan fingerprint density at radius 1 is 1.17 bits per heavy atom. The lowest BCUT2D eigenvalue weighted by Crippen LogP contribution is -2.44. The van der Waals surface area contributed by atoms with Crippen LogP contribution < -0.4 is 9.47 Å². The minimum Gasteiger partial charge on any atom is -0.480 e. The molecule has 0 bridgehead atoms. The molecule has 0 aliphatic carbocycles. The van der Waals surface area contributed by atoms with E-state index in [-0.39, 0.29) is 12.0 Å². The Morgan fingerprint density at radius 2 is 1.92 bits per heavy atom. The second-order valence-electron chi connectivity index (χ2n) is 5.86. The van der Waals surface area contributed by atoms with Crippen molar-refractivity contribution in [3.8, 4) is 11.8 Å². The van der Waals surface area contributed by atoms with Crippen LogP contribution in [0.3, 0.4) is 0 Å². The Hall–Kier alpha value is -2.63. The van der Waals surface area contributed by atoms with Gasteiger partial charge in [-0.1, -0.05) is 18.2 Å². The van der Waals surface area contributed by atoms with Crippen LogP contribution in [0.25, 0.3) is 0 Å². The van der Waals surface area contributed by atoms with Crippen LogP contribution in [0.2, 0.25) is 0 Å². The van der Waals surface area contributed by atoms with E-state index in [0.717, 1.165) is 30.5 Å². The molecule has 0 radical (unpaired) electrons. The third kappa shape index (κ3) is 3.64. The molecule has 24 heavy (non-hydrogen) atoms. The first-order valence-corrected chi connectivity index (χ1v) is 8.06. The fourth-order valence-electron chi connectivity index (χ4n) is 2.85. The summed E-state index contributed by atoms with van der Waals surface area (Å²) in [7, 11) is 1.54. The molecule has 3 rings (SSSR count). The van der Waals surface area contributed by atoms with Crippen LogP contribution in [0, 0.1) is 6.92 Å². The average Bonchev–Trinajstić information content (AvgIpc) is 2.62. The molecule has 6 heteroatoms. The first-order valence-electron chi connectivity index (χ1n) is 8.06. The van der Waals surface area contributed by atoms with E-state index in [1.54, 1.807) is 19.2 Å². The van der Waals surface area contributed by atoms with Gasteiger partial charge in [0.15, 0.2) is 0 Å². The number of amides is 1. The van der Waals surface area contributed by atoms with Crippen molar-refractivity contribution < 1.29 is 14.3 Å². The number of piperidine rings is 1. The predicted octanol–water partition coefficient (Wildman–Crippen LogP) is 2.48. The third-order valence-corrected chi connectivity index (χ3v) is 4.15. The molecular weight excluding hydrogens is 306 g/mol. The number of carbonyl (C=O) groups is 1. The maximum absolute atomic E-state index is 12.7. The first kappa shape index (κ1) is 16.2. The van der Waals surface area contributed by atoms with Gasteiger partial charge in [0.2, 0.25) is 11.8 Å². The number of likely N-dealkylation sites (tertiary alicyclic amines) is 1. The molecule has 0 spiro atoms. The van der Waals surface area contributed by atoms with Gasteiger partial charge in [0.1, 0.15) is 6.10 Å². The number of benzene rings is 1. The van der Waals surface area contributed by atoms with Crippen LogP contribution >= 0.6 is 0 Å². The van der Waals surface area contributed by atoms with Crippen LogP contribution in [0.1, 0.15) is 28.8 Å². The third-order valence-electron chi connectivity index (χ3n) is 4.15. The molecule has 1 fully saturated rings. The average molecular weight is 327 g/mol.